The molecular weight excluding hydrogens is 1710 g/mol. The van der Waals surface area contributed by atoms with Gasteiger partial charge in [-0.3, -0.25) is 9.24 Å². The number of rotatable bonds is 4. The molecule has 9 aromatic heterocycles. The molecule has 404 valence electrons. The average Bonchev–Trinajstić information content (AvgIpc) is 4.15. The van der Waals surface area contributed by atoms with Gasteiger partial charge in [0, 0.05) is 138 Å². The number of aryl methyl sites for hydroxylation is 7. The molecule has 20 heteroatoms. The van der Waals surface area contributed by atoms with Crippen LogP contribution in [-0.2, 0) is 107 Å². The van der Waals surface area contributed by atoms with Crippen LogP contribution in [0.5, 0.6) is 0 Å². The van der Waals surface area contributed by atoms with Crippen LogP contribution in [0.1, 0.15) is 49.1 Å². The Morgan fingerprint density at radius 2 is 1.04 bits per heavy atom. The van der Waals surface area contributed by atoms with Crippen LogP contribution in [0.25, 0.3) is 93.2 Å². The fraction of sp³-hybridized carbons (Fsp3) is 0.190. The van der Waals surface area contributed by atoms with Gasteiger partial charge in [-0.2, -0.15) is 6.07 Å². The van der Waals surface area contributed by atoms with E-state index < -0.39 is 0 Å². The molecule has 0 bridgehead atoms. The molecule has 0 saturated heterocycles. The van der Waals surface area contributed by atoms with E-state index in [1.807, 2.05) is 130 Å². The van der Waals surface area contributed by atoms with Crippen LogP contribution in [-0.4, -0.2) is 63.5 Å². The maximum atomic E-state index is 12.8. The van der Waals surface area contributed by atoms with Crippen molar-refractivity contribution in [2.75, 3.05) is 0 Å². The second kappa shape index (κ2) is 27.0. The van der Waals surface area contributed by atoms with Gasteiger partial charge in [0.15, 0.2) is 0 Å². The summed E-state index contributed by atoms with van der Waals surface area (Å²) in [7, 11) is 5.93. The Balaban J connectivity index is 0.000000189. The second-order valence-corrected chi connectivity index (χ2v) is 19.6. The van der Waals surface area contributed by atoms with E-state index in [4.69, 9.17) is 6.57 Å². The van der Waals surface area contributed by atoms with Crippen molar-refractivity contribution in [3.8, 4) is 45.0 Å². The Hall–Kier alpha value is -6.34. The van der Waals surface area contributed by atoms with E-state index in [9.17, 15) is 4.39 Å². The van der Waals surface area contributed by atoms with Crippen molar-refractivity contribution < 1.29 is 84.8 Å². The zero-order chi connectivity index (χ0) is 52.3. The first-order valence-corrected chi connectivity index (χ1v) is 24.2. The van der Waals surface area contributed by atoms with Gasteiger partial charge in [-0.15, -0.1) is 101 Å². The minimum Gasteiger partial charge on any atom is -0.338 e. The maximum absolute atomic E-state index is 12.8. The van der Waals surface area contributed by atoms with Crippen molar-refractivity contribution in [3.05, 3.63) is 186 Å². The molecule has 4 radical (unpaired) electrons. The molecule has 0 saturated carbocycles. The first-order valence-electron chi connectivity index (χ1n) is 23.4. The number of halogens is 1. The number of aromatic nitrogens is 13. The van der Waals surface area contributed by atoms with E-state index >= 15 is 0 Å². The van der Waals surface area contributed by atoms with E-state index in [2.05, 4.69) is 99.9 Å². The summed E-state index contributed by atoms with van der Waals surface area (Å²) in [5.41, 5.74) is 13.9. The molecule has 0 aliphatic carbocycles. The Bertz CT molecular complexity index is 4010. The quantitative estimate of drug-likeness (QED) is 0.156. The number of thiazole rings is 1. The van der Waals surface area contributed by atoms with Crippen LogP contribution >= 0.6 is 11.3 Å². The molecule has 0 unspecified atom stereocenters. The van der Waals surface area contributed by atoms with Gasteiger partial charge in [-0.05, 0) is 62.1 Å². The van der Waals surface area contributed by atoms with Crippen LogP contribution in [0.15, 0.2) is 116 Å². The van der Waals surface area contributed by atoms with Crippen molar-refractivity contribution in [2.24, 2.45) is 21.1 Å². The van der Waals surface area contributed by atoms with Gasteiger partial charge in [-0.25, -0.2) is 19.9 Å². The minimum atomic E-state index is -0.298. The zero-order valence-corrected chi connectivity index (χ0v) is 54.2. The number of pyridine rings is 4. The van der Waals surface area contributed by atoms with E-state index in [1.54, 1.807) is 48.0 Å². The maximum Gasteiger partial charge on any atom is 0.108 e. The molecule has 0 spiro atoms. The van der Waals surface area contributed by atoms with Gasteiger partial charge in [0.25, 0.3) is 0 Å². The molecule has 0 fully saturated rings. The normalized spacial score (nSPS) is 10.6. The standard InChI is InChI=1S/C15H15N4S.C15H11N4.C14H11FN3.C14H12N3.4Ir/c1-9-19-12-5-11(16-8-13(12)20-9)10-6-17-14(18-7-10)15(2,3)4;1-10-18-14-8-13(17-9-15(14)19(10)3)11-5-4-6-12(7-11)16-2;1-9-17-13-7-12(16-8-14(13)18(9)2)10-3-5-11(15)6-4-10;1-10-16-13-8-12(11-6-4-3-5-7-11)15-9-14(13)17(10)2;;;;/h5-6,8H,1-4H3;4,6-9H,1,3H3;3,5-8H,1-2H3;3-6,8-9H,1-2H3;;;;/q4*-1;;;;. The SMILES string of the molecule is Cc1nc2cc(-c3[c-]cc(F)cc3)ncc2n1C.Cc1nc2cc(-c3[c-]cccc3)ncc2n1C.Cc1nc2cc(-c3[c-]nc(C(C)(C)C)nc3)ncc2s1.[C-]#[N+]c1cc[c-]c(-c2cc3nc(C)n(C)c3cn2)c1.[Ir].[Ir].[Ir].[Ir]. The second-order valence-electron chi connectivity index (χ2n) is 18.3. The summed E-state index contributed by atoms with van der Waals surface area (Å²) in [5, 5.41) is 1.04. The Morgan fingerprint density at radius 1 is 0.538 bits per heavy atom. The van der Waals surface area contributed by atoms with Gasteiger partial charge in [0.05, 0.1) is 54.9 Å². The smallest absolute Gasteiger partial charge is 0.108 e. The molecule has 12 rings (SSSR count). The largest absolute Gasteiger partial charge is 0.338 e. The first-order chi connectivity index (χ1) is 35.5. The zero-order valence-electron chi connectivity index (χ0n) is 43.9. The van der Waals surface area contributed by atoms with Crippen LogP contribution in [0, 0.1) is 64.5 Å². The number of fused-ring (bicyclic) bond motifs is 4. The fourth-order valence-corrected chi connectivity index (χ4v) is 8.51. The predicted octanol–water partition coefficient (Wildman–Crippen LogP) is 12.5. The molecule has 12 aromatic rings. The number of hydrogen-bond acceptors (Lipinski definition) is 11. The van der Waals surface area contributed by atoms with Gasteiger partial charge < -0.3 is 43.6 Å². The monoisotopic (exact) mass is 1760 g/mol. The molecule has 0 N–H and O–H groups in total. The summed E-state index contributed by atoms with van der Waals surface area (Å²) < 4.78 is 20.0. The summed E-state index contributed by atoms with van der Waals surface area (Å²) in [6.45, 7) is 21.2. The molecule has 0 amide bonds. The van der Waals surface area contributed by atoms with Crippen molar-refractivity contribution >= 4 is 60.3 Å². The van der Waals surface area contributed by atoms with Crippen LogP contribution in [0.2, 0.25) is 0 Å². The van der Waals surface area contributed by atoms with Crippen LogP contribution in [0.4, 0.5) is 10.1 Å². The Kier molecular flexibility index (Phi) is 21.6. The number of hydrogen-bond donors (Lipinski definition) is 0. The third-order valence-corrected chi connectivity index (χ3v) is 13.0. The Morgan fingerprint density at radius 3 is 1.51 bits per heavy atom. The first kappa shape index (κ1) is 62.5. The molecular formula is C58H49FIr4N14S-4. The van der Waals surface area contributed by atoms with Crippen molar-refractivity contribution in [3.63, 3.8) is 0 Å². The summed E-state index contributed by atoms with van der Waals surface area (Å²) in [4.78, 5) is 47.8. The van der Waals surface area contributed by atoms with Crippen LogP contribution in [0.3, 0.4) is 0 Å². The number of benzene rings is 3. The fourth-order valence-electron chi connectivity index (χ4n) is 7.74. The summed E-state index contributed by atoms with van der Waals surface area (Å²) in [6.07, 6.45) is 12.1. The van der Waals surface area contributed by atoms with Gasteiger partial charge >= 0.3 is 0 Å². The average molecular weight is 1760 g/mol. The van der Waals surface area contributed by atoms with Gasteiger partial charge in [0.2, 0.25) is 0 Å². The summed E-state index contributed by atoms with van der Waals surface area (Å²) >= 11 is 1.65. The van der Waals surface area contributed by atoms with Gasteiger partial charge in [-0.1, -0.05) is 56.8 Å². The number of imidazole rings is 3. The van der Waals surface area contributed by atoms with Gasteiger partial charge in [0.1, 0.15) is 23.2 Å². The molecule has 14 nitrogen and oxygen atoms in total. The molecule has 78 heavy (non-hydrogen) atoms. The topological polar surface area (TPSA) is 148 Å². The molecule has 0 atom stereocenters. The molecule has 9 heterocycles. The molecule has 0 aliphatic heterocycles. The van der Waals surface area contributed by atoms with Crippen LogP contribution < -0.4 is 0 Å². The summed E-state index contributed by atoms with van der Waals surface area (Å²) in [5.74, 6) is 3.37. The van der Waals surface area contributed by atoms with Crippen molar-refractivity contribution in [1.82, 2.24) is 63.5 Å². The van der Waals surface area contributed by atoms with E-state index in [0.29, 0.717) is 5.69 Å². The van der Waals surface area contributed by atoms with E-state index in [1.165, 1.54) is 12.1 Å². The minimum absolute atomic E-state index is 0. The van der Waals surface area contributed by atoms with E-state index in [-0.39, 0.29) is 91.7 Å². The van der Waals surface area contributed by atoms with E-state index in [0.717, 1.165) is 117 Å². The molecule has 3 aromatic carbocycles. The third kappa shape index (κ3) is 14.3. The molecule has 0 aliphatic rings. The third-order valence-electron chi connectivity index (χ3n) is 12.1. The number of nitrogens with zero attached hydrogens (tertiary/aromatic N) is 14. The Labute approximate surface area is 510 Å². The predicted molar refractivity (Wildman–Crippen MR) is 289 cm³/mol. The van der Waals surface area contributed by atoms with Crippen molar-refractivity contribution in [2.45, 2.75) is 53.9 Å². The van der Waals surface area contributed by atoms with Crippen molar-refractivity contribution in [1.29, 1.82) is 0 Å². The summed E-state index contributed by atoms with van der Waals surface area (Å²) in [6, 6.07) is 34.4.